The summed E-state index contributed by atoms with van der Waals surface area (Å²) in [4.78, 5) is 106. The van der Waals surface area contributed by atoms with Crippen molar-refractivity contribution in [3.63, 3.8) is 0 Å². The van der Waals surface area contributed by atoms with Crippen LogP contribution in [0.3, 0.4) is 0 Å². The number of fused-ring (bicyclic) bond motifs is 1. The van der Waals surface area contributed by atoms with Gasteiger partial charge in [-0.3, -0.25) is 33.6 Å². The third kappa shape index (κ3) is 15.6. The molecule has 21 heteroatoms. The van der Waals surface area contributed by atoms with Gasteiger partial charge in [0.1, 0.15) is 30.2 Å². The molecule has 14 N–H and O–H groups in total. The number of nitrogens with two attached hydrogens (primary N) is 1. The predicted molar refractivity (Wildman–Crippen MR) is 219 cm³/mol. The fourth-order valence-corrected chi connectivity index (χ4v) is 6.05. The third-order valence-electron chi connectivity index (χ3n) is 9.27. The average Bonchev–Trinajstić information content (AvgIpc) is 3.63. The molecule has 1 heterocycles. The maximum Gasteiger partial charge on any atom is 0.328 e. The zero-order valence-electron chi connectivity index (χ0n) is 34.0. The molecule has 21 nitrogen and oxygen atoms in total. The van der Waals surface area contributed by atoms with Gasteiger partial charge >= 0.3 is 5.97 Å². The molecule has 0 radical (unpaired) electrons. The van der Waals surface area contributed by atoms with Crippen molar-refractivity contribution in [1.29, 1.82) is 0 Å². The van der Waals surface area contributed by atoms with Crippen LogP contribution in [0.25, 0.3) is 10.9 Å². The minimum atomic E-state index is -1.72. The van der Waals surface area contributed by atoms with E-state index in [-0.39, 0.29) is 18.8 Å². The quantitative estimate of drug-likeness (QED) is 0.0416. The highest BCUT2D eigenvalue weighted by Gasteiger charge is 2.32. The number of benzene rings is 2. The van der Waals surface area contributed by atoms with Gasteiger partial charge in [0.05, 0.1) is 38.4 Å². The number of carbonyl (C=O) groups is 8. The Morgan fingerprint density at radius 3 is 1.77 bits per heavy atom. The van der Waals surface area contributed by atoms with Gasteiger partial charge in [0.25, 0.3) is 0 Å². The van der Waals surface area contributed by atoms with Crippen molar-refractivity contribution in [2.45, 2.75) is 82.4 Å². The number of carboxylic acid groups (broad SMARTS) is 1. The zero-order chi connectivity index (χ0) is 45.2. The Kier molecular flexibility index (Phi) is 19.2. The van der Waals surface area contributed by atoms with Crippen LogP contribution in [0.15, 0.2) is 60.8 Å². The third-order valence-corrected chi connectivity index (χ3v) is 9.27. The highest BCUT2D eigenvalue weighted by molar-refractivity contribution is 5.97. The first kappa shape index (κ1) is 48.9. The number of rotatable bonds is 24. The van der Waals surface area contributed by atoms with Crippen molar-refractivity contribution >= 4 is 58.2 Å². The standard InChI is InChI=1S/C40H55N9O12/c1-21(2)13-26(41)35(55)43-17-32(53)45-30(19-50)38(58)46-28(14-23-9-5-4-6-10-23)37(57)47-29(15-24-16-42-27-12-8-7-11-25(24)27)36(56)44-18-33(54)49-34(22(3)52)39(59)48-31(20-51)40(60)61/h4-12,16,21-22,26,28-31,34,42,50-52H,13-15,17-20,41H2,1-3H3,(H,43,55)(H,44,56)(H,45,53)(H,46,58)(H,47,57)(H,48,59)(H,49,54)(H,60,61)/t22-,26+,28+,29+,30+,31+,34+/m1/s1. The maximum atomic E-state index is 14.1. The number of hydrogen-bond acceptors (Lipinski definition) is 12. The number of aromatic amines is 1. The van der Waals surface area contributed by atoms with Gasteiger partial charge in [-0.15, -0.1) is 0 Å². The number of nitrogens with one attached hydrogen (secondary N) is 8. The number of hydrogen-bond donors (Lipinski definition) is 13. The fraction of sp³-hybridized carbons (Fsp3) is 0.450. The van der Waals surface area contributed by atoms with Gasteiger partial charge < -0.3 is 68.4 Å². The van der Waals surface area contributed by atoms with Gasteiger partial charge in [0, 0.05) is 29.9 Å². The molecule has 0 spiro atoms. The van der Waals surface area contributed by atoms with Gasteiger partial charge in [-0.05, 0) is 36.5 Å². The maximum absolute atomic E-state index is 14.1. The smallest absolute Gasteiger partial charge is 0.328 e. The minimum Gasteiger partial charge on any atom is -0.480 e. The molecule has 0 fully saturated rings. The van der Waals surface area contributed by atoms with Gasteiger partial charge in [-0.1, -0.05) is 62.4 Å². The molecule has 0 aliphatic rings. The summed E-state index contributed by atoms with van der Waals surface area (Å²) in [5.41, 5.74) is 7.76. The van der Waals surface area contributed by atoms with Crippen molar-refractivity contribution in [2.24, 2.45) is 11.7 Å². The van der Waals surface area contributed by atoms with Crippen LogP contribution < -0.4 is 43.0 Å². The van der Waals surface area contributed by atoms with Gasteiger partial charge in [-0.25, -0.2) is 4.79 Å². The lowest BCUT2D eigenvalue weighted by Gasteiger charge is -2.25. The van der Waals surface area contributed by atoms with Gasteiger partial charge in [-0.2, -0.15) is 0 Å². The van der Waals surface area contributed by atoms with Crippen LogP contribution >= 0.6 is 0 Å². The summed E-state index contributed by atoms with van der Waals surface area (Å²) in [5, 5.41) is 55.8. The zero-order valence-corrected chi connectivity index (χ0v) is 34.0. The van der Waals surface area contributed by atoms with Crippen molar-refractivity contribution in [1.82, 2.24) is 42.2 Å². The topological polar surface area (TPSA) is 344 Å². The summed E-state index contributed by atoms with van der Waals surface area (Å²) in [5.74, 6) is -7.65. The van der Waals surface area contributed by atoms with E-state index in [1.807, 2.05) is 19.2 Å². The second kappa shape index (κ2) is 24.0. The Balaban J connectivity index is 1.81. The second-order valence-corrected chi connectivity index (χ2v) is 14.7. The summed E-state index contributed by atoms with van der Waals surface area (Å²) in [6, 6.07) is 7.02. The minimum absolute atomic E-state index is 0.111. The van der Waals surface area contributed by atoms with E-state index in [1.165, 1.54) is 0 Å². The lowest BCUT2D eigenvalue weighted by Crippen LogP contribution is -2.59. The monoisotopic (exact) mass is 853 g/mol. The van der Waals surface area contributed by atoms with E-state index in [9.17, 15) is 53.7 Å². The lowest BCUT2D eigenvalue weighted by atomic mass is 10.0. The molecule has 332 valence electrons. The molecule has 7 atom stereocenters. The molecular formula is C40H55N9O12. The first-order valence-corrected chi connectivity index (χ1v) is 19.5. The van der Waals surface area contributed by atoms with Crippen molar-refractivity contribution in [3.05, 3.63) is 71.9 Å². The highest BCUT2D eigenvalue weighted by Crippen LogP contribution is 2.19. The molecule has 0 bridgehead atoms. The number of para-hydroxylation sites is 1. The van der Waals surface area contributed by atoms with E-state index < -0.39 is 116 Å². The molecule has 2 aromatic carbocycles. The molecule has 7 amide bonds. The fourth-order valence-electron chi connectivity index (χ4n) is 6.05. The molecule has 3 aromatic rings. The van der Waals surface area contributed by atoms with E-state index in [1.54, 1.807) is 60.8 Å². The second-order valence-electron chi connectivity index (χ2n) is 14.7. The van der Waals surface area contributed by atoms with E-state index in [4.69, 9.17) is 10.8 Å². The summed E-state index contributed by atoms with van der Waals surface area (Å²) in [7, 11) is 0. The summed E-state index contributed by atoms with van der Waals surface area (Å²) >= 11 is 0. The molecule has 61 heavy (non-hydrogen) atoms. The Morgan fingerprint density at radius 2 is 1.18 bits per heavy atom. The lowest BCUT2D eigenvalue weighted by molar-refractivity contribution is -0.144. The number of aromatic nitrogens is 1. The van der Waals surface area contributed by atoms with Crippen LogP contribution in [0.2, 0.25) is 0 Å². The molecular weight excluding hydrogens is 798 g/mol. The van der Waals surface area contributed by atoms with Crippen LogP contribution in [-0.4, -0.2) is 141 Å². The van der Waals surface area contributed by atoms with E-state index >= 15 is 0 Å². The van der Waals surface area contributed by atoms with E-state index in [2.05, 4.69) is 36.9 Å². The van der Waals surface area contributed by atoms with E-state index in [0.717, 1.165) is 17.8 Å². The molecule has 0 aliphatic heterocycles. The largest absolute Gasteiger partial charge is 0.480 e. The van der Waals surface area contributed by atoms with E-state index in [0.29, 0.717) is 17.5 Å². The number of aliphatic hydroxyl groups is 3. The van der Waals surface area contributed by atoms with Crippen LogP contribution in [0.4, 0.5) is 0 Å². The summed E-state index contributed by atoms with van der Waals surface area (Å²) in [6.45, 7) is 1.73. The first-order valence-electron chi connectivity index (χ1n) is 19.5. The predicted octanol–water partition coefficient (Wildman–Crippen LogP) is -3.57. The number of amides is 7. The molecule has 0 saturated heterocycles. The molecule has 0 aliphatic carbocycles. The molecule has 0 saturated carbocycles. The number of carbonyl (C=O) groups excluding carboxylic acids is 7. The van der Waals surface area contributed by atoms with Crippen LogP contribution in [0, 0.1) is 5.92 Å². The Bertz CT molecular complexity index is 1990. The normalized spacial score (nSPS) is 14.6. The van der Waals surface area contributed by atoms with Crippen LogP contribution in [0.1, 0.15) is 38.3 Å². The Hall–Kier alpha value is -6.42. The average molecular weight is 854 g/mol. The Morgan fingerprint density at radius 1 is 0.639 bits per heavy atom. The van der Waals surface area contributed by atoms with Crippen molar-refractivity contribution in [2.75, 3.05) is 26.3 Å². The summed E-state index contributed by atoms with van der Waals surface area (Å²) < 4.78 is 0. The number of aliphatic hydroxyl groups excluding tert-OH is 3. The van der Waals surface area contributed by atoms with Crippen LogP contribution in [-0.2, 0) is 51.2 Å². The SMILES string of the molecule is CC(C)C[C@H](N)C(=O)NCC(=O)N[C@@H](CO)C(=O)N[C@@H](Cc1ccccc1)C(=O)N[C@@H](Cc1c[nH]c2ccccc12)C(=O)NCC(=O)N[C@H](C(=O)N[C@@H](CO)C(=O)O)[C@@H](C)O. The number of carboxylic acids is 1. The van der Waals surface area contributed by atoms with Crippen molar-refractivity contribution < 1.29 is 58.8 Å². The van der Waals surface area contributed by atoms with Crippen LogP contribution in [0.5, 0.6) is 0 Å². The molecule has 3 rings (SSSR count). The van der Waals surface area contributed by atoms with Crippen molar-refractivity contribution in [3.8, 4) is 0 Å². The highest BCUT2D eigenvalue weighted by atomic mass is 16.4. The first-order chi connectivity index (χ1) is 28.9. The van der Waals surface area contributed by atoms with Gasteiger partial charge in [0.2, 0.25) is 41.4 Å². The number of H-pyrrole nitrogens is 1. The molecule has 0 unspecified atom stereocenters. The summed E-state index contributed by atoms with van der Waals surface area (Å²) in [6.07, 6.45) is 0.226. The van der Waals surface area contributed by atoms with Gasteiger partial charge in [0.15, 0.2) is 0 Å². The Labute approximate surface area is 351 Å². The molecule has 1 aromatic heterocycles. The number of aliphatic carboxylic acids is 1.